The molecule has 4 nitrogen and oxygen atoms in total. The summed E-state index contributed by atoms with van der Waals surface area (Å²) in [6.07, 6.45) is -0.215. The lowest BCUT2D eigenvalue weighted by Gasteiger charge is -2.40. The molecular formula is C24H34N2O2. The maximum absolute atomic E-state index is 12.3. The number of benzene rings is 2. The molecule has 0 N–H and O–H groups in total. The Bertz CT molecular complexity index is 663. The van der Waals surface area contributed by atoms with Crippen LogP contribution in [0.15, 0.2) is 60.7 Å². The van der Waals surface area contributed by atoms with Gasteiger partial charge in [0.25, 0.3) is 0 Å². The zero-order chi connectivity index (χ0) is 20.6. The number of piperazine rings is 1. The minimum atomic E-state index is -0.454. The summed E-state index contributed by atoms with van der Waals surface area (Å²) in [5.41, 5.74) is 2.11. The fourth-order valence-corrected chi connectivity index (χ4v) is 3.37. The fourth-order valence-electron chi connectivity index (χ4n) is 3.37. The predicted molar refractivity (Wildman–Crippen MR) is 115 cm³/mol. The van der Waals surface area contributed by atoms with Crippen molar-refractivity contribution in [2.45, 2.75) is 46.3 Å². The molecule has 1 aliphatic rings. The lowest BCUT2D eigenvalue weighted by molar-refractivity contribution is 0.0119. The normalized spacial score (nSPS) is 15.0. The van der Waals surface area contributed by atoms with Gasteiger partial charge in [-0.05, 0) is 31.9 Å². The molecule has 4 heteroatoms. The molecule has 1 saturated heterocycles. The quantitative estimate of drug-likeness (QED) is 0.717. The molecule has 0 bridgehead atoms. The van der Waals surface area contributed by atoms with E-state index in [0.29, 0.717) is 13.1 Å². The van der Waals surface area contributed by atoms with Crippen molar-refractivity contribution in [1.29, 1.82) is 0 Å². The van der Waals surface area contributed by atoms with Crippen LogP contribution in [0.4, 0.5) is 4.79 Å². The van der Waals surface area contributed by atoms with E-state index in [4.69, 9.17) is 4.74 Å². The lowest BCUT2D eigenvalue weighted by Crippen LogP contribution is -2.51. The summed E-state index contributed by atoms with van der Waals surface area (Å²) >= 11 is 0. The highest BCUT2D eigenvalue weighted by Gasteiger charge is 2.30. The second-order valence-corrected chi connectivity index (χ2v) is 7.73. The third kappa shape index (κ3) is 6.10. The van der Waals surface area contributed by atoms with E-state index in [-0.39, 0.29) is 12.1 Å². The van der Waals surface area contributed by atoms with Crippen LogP contribution in [0.1, 0.15) is 51.8 Å². The average Bonchev–Trinajstić information content (AvgIpc) is 2.71. The lowest BCUT2D eigenvalue weighted by atomic mass is 9.96. The fraction of sp³-hybridized carbons (Fsp3) is 0.458. The van der Waals surface area contributed by atoms with Crippen LogP contribution < -0.4 is 0 Å². The van der Waals surface area contributed by atoms with Gasteiger partial charge in [0.2, 0.25) is 0 Å². The van der Waals surface area contributed by atoms with E-state index in [1.807, 2.05) is 51.7 Å². The number of nitrogens with zero attached hydrogens (tertiary/aromatic N) is 2. The Morgan fingerprint density at radius 2 is 1.25 bits per heavy atom. The standard InChI is InChI=1S/C22H28N2O2.C2H6/c1-22(2,3)26-21(25)24-16-14-23(15-17-24)20(18-10-6-4-7-11-18)19-12-8-5-9-13-19;1-2/h4-13,20H,14-17H2,1-3H3;1-2H3. The average molecular weight is 383 g/mol. The van der Waals surface area contributed by atoms with E-state index in [0.717, 1.165) is 13.1 Å². The summed E-state index contributed by atoms with van der Waals surface area (Å²) in [5, 5.41) is 0. The minimum absolute atomic E-state index is 0.207. The molecule has 2 aromatic rings. The van der Waals surface area contributed by atoms with Gasteiger partial charge in [-0.15, -0.1) is 0 Å². The van der Waals surface area contributed by atoms with E-state index < -0.39 is 5.60 Å². The zero-order valence-electron chi connectivity index (χ0n) is 17.9. The molecule has 0 atom stereocenters. The van der Waals surface area contributed by atoms with E-state index in [1.54, 1.807) is 0 Å². The molecule has 1 fully saturated rings. The molecule has 1 aliphatic heterocycles. The highest BCUT2D eigenvalue weighted by Crippen LogP contribution is 2.29. The number of amides is 1. The smallest absolute Gasteiger partial charge is 0.410 e. The van der Waals surface area contributed by atoms with Gasteiger partial charge in [-0.3, -0.25) is 4.90 Å². The monoisotopic (exact) mass is 382 g/mol. The largest absolute Gasteiger partial charge is 0.444 e. The Morgan fingerprint density at radius 3 is 1.64 bits per heavy atom. The number of hydrogen-bond acceptors (Lipinski definition) is 3. The first-order valence-electron chi connectivity index (χ1n) is 10.3. The molecule has 1 amide bonds. The summed E-state index contributed by atoms with van der Waals surface area (Å²) in [6.45, 7) is 12.7. The number of ether oxygens (including phenoxy) is 1. The molecular weight excluding hydrogens is 348 g/mol. The maximum Gasteiger partial charge on any atom is 0.410 e. The maximum atomic E-state index is 12.3. The predicted octanol–water partition coefficient (Wildman–Crippen LogP) is 5.35. The van der Waals surface area contributed by atoms with Gasteiger partial charge >= 0.3 is 6.09 Å². The summed E-state index contributed by atoms with van der Waals surface area (Å²) in [6, 6.07) is 21.4. The summed E-state index contributed by atoms with van der Waals surface area (Å²) < 4.78 is 5.51. The van der Waals surface area contributed by atoms with E-state index in [1.165, 1.54) is 11.1 Å². The van der Waals surface area contributed by atoms with Crippen molar-refractivity contribution in [1.82, 2.24) is 9.80 Å². The van der Waals surface area contributed by atoms with Crippen LogP contribution in [-0.4, -0.2) is 47.7 Å². The van der Waals surface area contributed by atoms with Crippen molar-refractivity contribution in [3.8, 4) is 0 Å². The van der Waals surface area contributed by atoms with Crippen LogP contribution in [0, 0.1) is 0 Å². The van der Waals surface area contributed by atoms with Crippen LogP contribution in [0.25, 0.3) is 0 Å². The molecule has 0 saturated carbocycles. The minimum Gasteiger partial charge on any atom is -0.444 e. The third-order valence-electron chi connectivity index (χ3n) is 4.56. The van der Waals surface area contributed by atoms with Crippen molar-refractivity contribution in [3.63, 3.8) is 0 Å². The van der Waals surface area contributed by atoms with Crippen molar-refractivity contribution < 1.29 is 9.53 Å². The summed E-state index contributed by atoms with van der Waals surface area (Å²) in [4.78, 5) is 16.6. The Kier molecular flexibility index (Phi) is 8.06. The van der Waals surface area contributed by atoms with Gasteiger partial charge in [0, 0.05) is 26.2 Å². The topological polar surface area (TPSA) is 32.8 Å². The van der Waals surface area contributed by atoms with Gasteiger partial charge in [0.15, 0.2) is 0 Å². The molecule has 3 rings (SSSR count). The van der Waals surface area contributed by atoms with E-state index in [9.17, 15) is 4.79 Å². The molecule has 1 heterocycles. The van der Waals surface area contributed by atoms with Gasteiger partial charge in [-0.2, -0.15) is 0 Å². The first kappa shape index (κ1) is 22.0. The molecule has 2 aromatic carbocycles. The van der Waals surface area contributed by atoms with Gasteiger partial charge in [-0.25, -0.2) is 4.79 Å². The van der Waals surface area contributed by atoms with Gasteiger partial charge < -0.3 is 9.64 Å². The third-order valence-corrected chi connectivity index (χ3v) is 4.56. The van der Waals surface area contributed by atoms with Gasteiger partial charge in [0.1, 0.15) is 5.60 Å². The Morgan fingerprint density at radius 1 is 0.821 bits per heavy atom. The van der Waals surface area contributed by atoms with Crippen LogP contribution in [0.5, 0.6) is 0 Å². The van der Waals surface area contributed by atoms with Crippen molar-refractivity contribution in [2.24, 2.45) is 0 Å². The van der Waals surface area contributed by atoms with Crippen LogP contribution >= 0.6 is 0 Å². The number of carbonyl (C=O) groups is 1. The molecule has 0 spiro atoms. The van der Waals surface area contributed by atoms with E-state index >= 15 is 0 Å². The SMILES string of the molecule is CC.CC(C)(C)OC(=O)N1CCN(C(c2ccccc2)c2ccccc2)CC1. The second-order valence-electron chi connectivity index (χ2n) is 7.73. The number of carbonyl (C=O) groups excluding carboxylic acids is 1. The molecule has 0 radical (unpaired) electrons. The number of hydrogen-bond donors (Lipinski definition) is 0. The Balaban J connectivity index is 0.00000136. The second kappa shape index (κ2) is 10.3. The van der Waals surface area contributed by atoms with Crippen LogP contribution in [0.2, 0.25) is 0 Å². The van der Waals surface area contributed by atoms with Gasteiger partial charge in [-0.1, -0.05) is 74.5 Å². The summed E-state index contributed by atoms with van der Waals surface area (Å²) in [7, 11) is 0. The first-order chi connectivity index (χ1) is 13.4. The zero-order valence-corrected chi connectivity index (χ0v) is 17.9. The van der Waals surface area contributed by atoms with Gasteiger partial charge in [0.05, 0.1) is 6.04 Å². The molecule has 0 aliphatic carbocycles. The van der Waals surface area contributed by atoms with Crippen molar-refractivity contribution >= 4 is 6.09 Å². The molecule has 0 aromatic heterocycles. The molecule has 152 valence electrons. The van der Waals surface area contributed by atoms with E-state index in [2.05, 4.69) is 53.4 Å². The first-order valence-corrected chi connectivity index (χ1v) is 10.3. The Labute approximate surface area is 170 Å². The van der Waals surface area contributed by atoms with Crippen molar-refractivity contribution in [2.75, 3.05) is 26.2 Å². The van der Waals surface area contributed by atoms with Crippen LogP contribution in [0.3, 0.4) is 0 Å². The van der Waals surface area contributed by atoms with Crippen molar-refractivity contribution in [3.05, 3.63) is 71.8 Å². The molecule has 28 heavy (non-hydrogen) atoms. The van der Waals surface area contributed by atoms with Crippen LogP contribution in [-0.2, 0) is 4.74 Å². The Hall–Kier alpha value is -2.33. The highest BCUT2D eigenvalue weighted by atomic mass is 16.6. The number of rotatable bonds is 3. The highest BCUT2D eigenvalue weighted by molar-refractivity contribution is 5.68. The molecule has 0 unspecified atom stereocenters. The summed E-state index contributed by atoms with van der Waals surface area (Å²) in [5.74, 6) is 0.